The van der Waals surface area contributed by atoms with Gasteiger partial charge in [0.15, 0.2) is 11.7 Å². The van der Waals surface area contributed by atoms with Gasteiger partial charge in [-0.1, -0.05) is 19.0 Å². The predicted molar refractivity (Wildman–Crippen MR) is 95.2 cm³/mol. The number of nitrogens with zero attached hydrogens (tertiary/aromatic N) is 4. The van der Waals surface area contributed by atoms with Crippen LogP contribution in [0.4, 0.5) is 0 Å². The van der Waals surface area contributed by atoms with E-state index in [1.54, 1.807) is 7.05 Å². The van der Waals surface area contributed by atoms with Crippen molar-refractivity contribution in [3.63, 3.8) is 0 Å². The molecule has 0 aliphatic rings. The Morgan fingerprint density at radius 1 is 1.33 bits per heavy atom. The fourth-order valence-corrected chi connectivity index (χ4v) is 2.56. The highest BCUT2D eigenvalue weighted by Gasteiger charge is 2.10. The topological polar surface area (TPSA) is 80.3 Å². The number of aryl methyl sites for hydroxylation is 2. The Morgan fingerprint density at radius 2 is 2.08 bits per heavy atom. The molecule has 2 rings (SSSR count). The molecule has 0 saturated heterocycles. The van der Waals surface area contributed by atoms with Crippen molar-refractivity contribution in [2.75, 3.05) is 13.6 Å². The van der Waals surface area contributed by atoms with Gasteiger partial charge in [0.2, 0.25) is 0 Å². The molecule has 0 spiro atoms. The van der Waals surface area contributed by atoms with E-state index in [9.17, 15) is 0 Å². The van der Waals surface area contributed by atoms with Crippen LogP contribution in [0.1, 0.15) is 48.2 Å². The van der Waals surface area contributed by atoms with Gasteiger partial charge in [0.1, 0.15) is 0 Å². The lowest BCUT2D eigenvalue weighted by Gasteiger charge is -2.10. The molecule has 2 heterocycles. The lowest BCUT2D eigenvalue weighted by Crippen LogP contribution is -2.37. The number of aliphatic imine (C=N–C) groups is 1. The van der Waals surface area contributed by atoms with E-state index < -0.39 is 0 Å². The highest BCUT2D eigenvalue weighted by Crippen LogP contribution is 2.14. The Balaban J connectivity index is 1.82. The minimum Gasteiger partial charge on any atom is -0.359 e. The fourth-order valence-electron chi connectivity index (χ4n) is 2.56. The van der Waals surface area contributed by atoms with Crippen molar-refractivity contribution < 1.29 is 4.52 Å². The SMILES string of the molecule is CN=C(NCCc1c(C)nn(C)c1C)NCc1cc(C(C)C)no1. The summed E-state index contributed by atoms with van der Waals surface area (Å²) in [6.07, 6.45) is 0.909. The molecule has 0 fully saturated rings. The number of guanidine groups is 1. The Labute approximate surface area is 143 Å². The number of aromatic nitrogens is 3. The zero-order chi connectivity index (χ0) is 17.7. The maximum Gasteiger partial charge on any atom is 0.191 e. The molecule has 0 saturated carbocycles. The highest BCUT2D eigenvalue weighted by molar-refractivity contribution is 5.79. The standard InChI is InChI=1S/C17H28N6O/c1-11(2)16-9-14(24-22-16)10-20-17(18-5)19-8-7-15-12(3)21-23(6)13(15)4/h9,11H,7-8,10H2,1-6H3,(H2,18,19,20). The summed E-state index contributed by atoms with van der Waals surface area (Å²) in [6, 6.07) is 1.98. The third-order valence-corrected chi connectivity index (χ3v) is 4.15. The largest absolute Gasteiger partial charge is 0.359 e. The van der Waals surface area contributed by atoms with Gasteiger partial charge in [0, 0.05) is 32.4 Å². The van der Waals surface area contributed by atoms with Crippen LogP contribution in [-0.4, -0.2) is 34.5 Å². The molecular weight excluding hydrogens is 304 g/mol. The molecule has 0 atom stereocenters. The summed E-state index contributed by atoms with van der Waals surface area (Å²) in [6.45, 7) is 9.69. The van der Waals surface area contributed by atoms with E-state index in [4.69, 9.17) is 4.52 Å². The smallest absolute Gasteiger partial charge is 0.191 e. The maximum absolute atomic E-state index is 5.32. The summed E-state index contributed by atoms with van der Waals surface area (Å²) >= 11 is 0. The van der Waals surface area contributed by atoms with Crippen molar-refractivity contribution in [2.45, 2.75) is 46.6 Å². The Hall–Kier alpha value is -2.31. The van der Waals surface area contributed by atoms with E-state index in [0.29, 0.717) is 12.5 Å². The van der Waals surface area contributed by atoms with Gasteiger partial charge in [-0.05, 0) is 31.7 Å². The highest BCUT2D eigenvalue weighted by atomic mass is 16.5. The van der Waals surface area contributed by atoms with Crippen LogP contribution in [0.15, 0.2) is 15.6 Å². The Bertz CT molecular complexity index is 698. The second-order valence-electron chi connectivity index (χ2n) is 6.25. The summed E-state index contributed by atoms with van der Waals surface area (Å²) < 4.78 is 7.25. The van der Waals surface area contributed by atoms with Gasteiger partial charge < -0.3 is 15.2 Å². The third kappa shape index (κ3) is 4.37. The lowest BCUT2D eigenvalue weighted by atomic mass is 10.1. The van der Waals surface area contributed by atoms with Crippen molar-refractivity contribution >= 4 is 5.96 Å². The minimum absolute atomic E-state index is 0.367. The molecule has 0 radical (unpaired) electrons. The summed E-state index contributed by atoms with van der Waals surface area (Å²) in [7, 11) is 3.73. The quantitative estimate of drug-likeness (QED) is 0.625. The summed E-state index contributed by atoms with van der Waals surface area (Å²) in [5.74, 6) is 1.92. The van der Waals surface area contributed by atoms with Gasteiger partial charge in [-0.25, -0.2) is 0 Å². The first-order valence-corrected chi connectivity index (χ1v) is 8.31. The molecule has 7 heteroatoms. The van der Waals surface area contributed by atoms with E-state index in [1.165, 1.54) is 11.3 Å². The molecule has 0 unspecified atom stereocenters. The molecular formula is C17H28N6O. The van der Waals surface area contributed by atoms with Crippen molar-refractivity contribution in [2.24, 2.45) is 12.0 Å². The number of nitrogens with one attached hydrogen (secondary N) is 2. The first-order chi connectivity index (χ1) is 11.4. The van der Waals surface area contributed by atoms with Crippen molar-refractivity contribution in [1.29, 1.82) is 0 Å². The van der Waals surface area contributed by atoms with E-state index in [0.717, 1.165) is 36.1 Å². The second kappa shape index (κ2) is 7.99. The van der Waals surface area contributed by atoms with Crippen molar-refractivity contribution in [3.8, 4) is 0 Å². The first kappa shape index (κ1) is 18.0. The van der Waals surface area contributed by atoms with Gasteiger partial charge in [0.25, 0.3) is 0 Å². The Kier molecular flexibility index (Phi) is 6.00. The van der Waals surface area contributed by atoms with E-state index in [1.807, 2.05) is 24.7 Å². The van der Waals surface area contributed by atoms with Crippen LogP contribution < -0.4 is 10.6 Å². The van der Waals surface area contributed by atoms with Crippen LogP contribution in [-0.2, 0) is 20.0 Å². The molecule has 2 aromatic heterocycles. The lowest BCUT2D eigenvalue weighted by molar-refractivity contribution is 0.372. The van der Waals surface area contributed by atoms with E-state index in [2.05, 4.69) is 46.7 Å². The summed E-state index contributed by atoms with van der Waals surface area (Å²) in [5.41, 5.74) is 4.55. The van der Waals surface area contributed by atoms with Gasteiger partial charge in [-0.15, -0.1) is 0 Å². The van der Waals surface area contributed by atoms with E-state index >= 15 is 0 Å². The third-order valence-electron chi connectivity index (χ3n) is 4.15. The van der Waals surface area contributed by atoms with Crippen LogP contribution in [0.5, 0.6) is 0 Å². The zero-order valence-electron chi connectivity index (χ0n) is 15.5. The van der Waals surface area contributed by atoms with Gasteiger partial charge >= 0.3 is 0 Å². The maximum atomic E-state index is 5.32. The van der Waals surface area contributed by atoms with Crippen molar-refractivity contribution in [1.82, 2.24) is 25.6 Å². The summed E-state index contributed by atoms with van der Waals surface area (Å²) in [5, 5.41) is 15.1. The normalized spacial score (nSPS) is 12.0. The van der Waals surface area contributed by atoms with Gasteiger partial charge in [-0.2, -0.15) is 5.10 Å². The Morgan fingerprint density at radius 3 is 2.62 bits per heavy atom. The first-order valence-electron chi connectivity index (χ1n) is 8.31. The molecule has 2 aromatic rings. The number of rotatable bonds is 6. The van der Waals surface area contributed by atoms with Gasteiger partial charge in [0.05, 0.1) is 17.9 Å². The van der Waals surface area contributed by atoms with Crippen LogP contribution in [0.25, 0.3) is 0 Å². The van der Waals surface area contributed by atoms with Gasteiger partial charge in [-0.3, -0.25) is 9.67 Å². The van der Waals surface area contributed by atoms with Crippen molar-refractivity contribution in [3.05, 3.63) is 34.5 Å². The number of hydrogen-bond donors (Lipinski definition) is 2. The van der Waals surface area contributed by atoms with Crippen LogP contribution in [0.3, 0.4) is 0 Å². The predicted octanol–water partition coefficient (Wildman–Crippen LogP) is 2.06. The van der Waals surface area contributed by atoms with Crippen LogP contribution in [0.2, 0.25) is 0 Å². The van der Waals surface area contributed by atoms with Crippen LogP contribution in [0, 0.1) is 13.8 Å². The molecule has 132 valence electrons. The molecule has 24 heavy (non-hydrogen) atoms. The fraction of sp³-hybridized carbons (Fsp3) is 0.588. The number of hydrogen-bond acceptors (Lipinski definition) is 4. The molecule has 0 amide bonds. The zero-order valence-corrected chi connectivity index (χ0v) is 15.5. The van der Waals surface area contributed by atoms with E-state index in [-0.39, 0.29) is 0 Å². The monoisotopic (exact) mass is 332 g/mol. The molecule has 2 N–H and O–H groups in total. The second-order valence-corrected chi connectivity index (χ2v) is 6.25. The molecule has 0 aromatic carbocycles. The average molecular weight is 332 g/mol. The van der Waals surface area contributed by atoms with Crippen LogP contribution >= 0.6 is 0 Å². The average Bonchev–Trinajstić information content (AvgIpc) is 3.10. The molecule has 7 nitrogen and oxygen atoms in total. The summed E-state index contributed by atoms with van der Waals surface area (Å²) in [4.78, 5) is 4.24. The minimum atomic E-state index is 0.367. The molecule has 0 aliphatic carbocycles. The molecule has 0 aliphatic heterocycles. The molecule has 0 bridgehead atoms.